The van der Waals surface area contributed by atoms with Gasteiger partial charge in [-0.3, -0.25) is 0 Å². The van der Waals surface area contributed by atoms with E-state index in [4.69, 9.17) is 0 Å². The molecule has 0 aliphatic rings. The Morgan fingerprint density at radius 2 is 0.818 bits per heavy atom. The average molecular weight is 564 g/mol. The SMILES string of the molecule is CCCCCCCCN(C)c1ccc([Te]c2ccc(N(C)CCCCCCCC)cc2)cc1. The fraction of sp³-hybridized carbons (Fsp3) is 0.600. The van der Waals surface area contributed by atoms with Crippen molar-refractivity contribution in [1.82, 2.24) is 0 Å². The third kappa shape index (κ3) is 11.7. The van der Waals surface area contributed by atoms with E-state index in [-0.39, 0.29) is 20.9 Å². The predicted molar refractivity (Wildman–Crippen MR) is 151 cm³/mol. The van der Waals surface area contributed by atoms with Gasteiger partial charge in [-0.15, -0.1) is 0 Å². The molecule has 33 heavy (non-hydrogen) atoms. The molecule has 0 heterocycles. The average Bonchev–Trinajstić information content (AvgIpc) is 2.84. The second-order valence-electron chi connectivity index (χ2n) is 9.47. The van der Waals surface area contributed by atoms with Crippen LogP contribution in [0, 0.1) is 0 Å². The molecule has 0 fully saturated rings. The van der Waals surface area contributed by atoms with Crippen LogP contribution in [0.1, 0.15) is 90.9 Å². The molecule has 0 saturated heterocycles. The van der Waals surface area contributed by atoms with Crippen molar-refractivity contribution in [1.29, 1.82) is 0 Å². The van der Waals surface area contributed by atoms with Crippen LogP contribution in [0.2, 0.25) is 0 Å². The van der Waals surface area contributed by atoms with Crippen molar-refractivity contribution in [3.8, 4) is 0 Å². The molecule has 184 valence electrons. The molecule has 0 amide bonds. The molecule has 2 aromatic carbocycles. The molecule has 0 saturated carbocycles. The van der Waals surface area contributed by atoms with E-state index in [0.717, 1.165) is 13.1 Å². The molecule has 0 aliphatic carbocycles. The molecular formula is C30H48N2Te. The van der Waals surface area contributed by atoms with E-state index >= 15 is 0 Å². The van der Waals surface area contributed by atoms with E-state index in [1.54, 1.807) is 0 Å². The van der Waals surface area contributed by atoms with Gasteiger partial charge in [0.15, 0.2) is 0 Å². The van der Waals surface area contributed by atoms with Crippen LogP contribution in [0.15, 0.2) is 48.5 Å². The van der Waals surface area contributed by atoms with Crippen LogP contribution in [0.3, 0.4) is 0 Å². The van der Waals surface area contributed by atoms with Crippen molar-refractivity contribution in [3.63, 3.8) is 0 Å². The molecular weight excluding hydrogens is 516 g/mol. The molecule has 0 aliphatic heterocycles. The van der Waals surface area contributed by atoms with Gasteiger partial charge in [0.25, 0.3) is 0 Å². The van der Waals surface area contributed by atoms with Crippen LogP contribution in [-0.2, 0) is 0 Å². The first-order chi connectivity index (χ1) is 16.1. The van der Waals surface area contributed by atoms with Gasteiger partial charge in [0, 0.05) is 0 Å². The summed E-state index contributed by atoms with van der Waals surface area (Å²) >= 11 is -0.318. The summed E-state index contributed by atoms with van der Waals surface area (Å²) in [5, 5.41) is 0. The fourth-order valence-corrected chi connectivity index (χ4v) is 6.52. The van der Waals surface area contributed by atoms with Crippen LogP contribution in [0.4, 0.5) is 11.4 Å². The van der Waals surface area contributed by atoms with Gasteiger partial charge in [0.1, 0.15) is 0 Å². The number of nitrogens with zero attached hydrogens (tertiary/aromatic N) is 2. The second kappa shape index (κ2) is 17.3. The van der Waals surface area contributed by atoms with Crippen LogP contribution < -0.4 is 17.0 Å². The van der Waals surface area contributed by atoms with Crippen LogP contribution >= 0.6 is 0 Å². The summed E-state index contributed by atoms with van der Waals surface area (Å²) in [7, 11) is 4.47. The summed E-state index contributed by atoms with van der Waals surface area (Å²) in [5.41, 5.74) is 2.71. The number of anilines is 2. The Morgan fingerprint density at radius 3 is 1.18 bits per heavy atom. The van der Waals surface area contributed by atoms with Gasteiger partial charge in [-0.1, -0.05) is 13.8 Å². The number of benzene rings is 2. The van der Waals surface area contributed by atoms with E-state index < -0.39 is 0 Å². The number of hydrogen-bond donors (Lipinski definition) is 0. The molecule has 2 aromatic rings. The number of rotatable bonds is 18. The van der Waals surface area contributed by atoms with Gasteiger partial charge >= 0.3 is 202 Å². The molecule has 3 heteroatoms. The molecule has 0 spiro atoms. The summed E-state index contributed by atoms with van der Waals surface area (Å²) in [6, 6.07) is 18.7. The van der Waals surface area contributed by atoms with Gasteiger partial charge in [-0.25, -0.2) is 0 Å². The molecule has 0 bridgehead atoms. The second-order valence-corrected chi connectivity index (χ2v) is 12.7. The first kappa shape index (κ1) is 28.1. The first-order valence-corrected chi connectivity index (χ1v) is 15.8. The fourth-order valence-electron chi connectivity index (χ4n) is 4.19. The van der Waals surface area contributed by atoms with E-state index in [0.29, 0.717) is 0 Å². The zero-order chi connectivity index (χ0) is 23.7. The van der Waals surface area contributed by atoms with E-state index in [1.165, 1.54) is 95.6 Å². The van der Waals surface area contributed by atoms with Gasteiger partial charge in [-0.2, -0.15) is 0 Å². The molecule has 2 nitrogen and oxygen atoms in total. The normalized spacial score (nSPS) is 11.0. The van der Waals surface area contributed by atoms with E-state index in [9.17, 15) is 0 Å². The van der Waals surface area contributed by atoms with E-state index in [1.807, 2.05) is 0 Å². The Labute approximate surface area is 215 Å². The molecule has 2 rings (SSSR count). The van der Waals surface area contributed by atoms with Crippen molar-refractivity contribution in [2.24, 2.45) is 0 Å². The van der Waals surface area contributed by atoms with Gasteiger partial charge in [0.05, 0.1) is 0 Å². The van der Waals surface area contributed by atoms with Crippen molar-refractivity contribution in [3.05, 3.63) is 48.5 Å². The minimum absolute atomic E-state index is 0.318. The van der Waals surface area contributed by atoms with Crippen molar-refractivity contribution in [2.75, 3.05) is 37.0 Å². The zero-order valence-corrected chi connectivity index (χ0v) is 24.2. The summed E-state index contributed by atoms with van der Waals surface area (Å²) < 4.78 is 3.04. The summed E-state index contributed by atoms with van der Waals surface area (Å²) in [4.78, 5) is 4.83. The summed E-state index contributed by atoms with van der Waals surface area (Å²) in [6.45, 7) is 6.89. The maximum absolute atomic E-state index is 2.42. The van der Waals surface area contributed by atoms with Crippen molar-refractivity contribution in [2.45, 2.75) is 90.9 Å². The van der Waals surface area contributed by atoms with E-state index in [2.05, 4.69) is 86.3 Å². The molecule has 0 unspecified atom stereocenters. The Bertz CT molecular complexity index is 662. The maximum atomic E-state index is 2.42. The molecule has 0 aromatic heterocycles. The molecule has 0 N–H and O–H groups in total. The third-order valence-corrected chi connectivity index (χ3v) is 9.38. The predicted octanol–water partition coefficient (Wildman–Crippen LogP) is 6.94. The van der Waals surface area contributed by atoms with Crippen LogP contribution in [0.5, 0.6) is 0 Å². The summed E-state index contributed by atoms with van der Waals surface area (Å²) in [5.74, 6) is 0. The van der Waals surface area contributed by atoms with Crippen molar-refractivity contribution < 1.29 is 0 Å². The monoisotopic (exact) mass is 566 g/mol. The third-order valence-electron chi connectivity index (χ3n) is 6.48. The van der Waals surface area contributed by atoms with Gasteiger partial charge in [0.2, 0.25) is 0 Å². The van der Waals surface area contributed by atoms with Crippen LogP contribution in [0.25, 0.3) is 0 Å². The number of hydrogen-bond acceptors (Lipinski definition) is 2. The van der Waals surface area contributed by atoms with Gasteiger partial charge in [-0.05, 0) is 0 Å². The Hall–Kier alpha value is -1.17. The van der Waals surface area contributed by atoms with Crippen LogP contribution in [-0.4, -0.2) is 48.1 Å². The minimum atomic E-state index is -0.318. The number of unbranched alkanes of at least 4 members (excludes halogenated alkanes) is 10. The Balaban J connectivity index is 1.72. The quantitative estimate of drug-likeness (QED) is 0.143. The standard InChI is InChI=1S/C30H48N2Te/c1-5-7-9-11-13-15-25-31(3)27-17-21-29(22-18-27)33-30-23-19-28(20-24-30)32(4)26-16-14-12-10-8-6-2/h17-24H,5-16,25-26H2,1-4H3. The topological polar surface area (TPSA) is 6.48 Å². The molecule has 0 radical (unpaired) electrons. The summed E-state index contributed by atoms with van der Waals surface area (Å²) in [6.07, 6.45) is 16.3. The zero-order valence-electron chi connectivity index (χ0n) is 21.8. The van der Waals surface area contributed by atoms with Gasteiger partial charge < -0.3 is 0 Å². The van der Waals surface area contributed by atoms with Crippen molar-refractivity contribution >= 4 is 39.5 Å². The first-order valence-electron chi connectivity index (χ1n) is 13.4. The molecule has 0 atom stereocenters. The Kier molecular flexibility index (Phi) is 14.7. The Morgan fingerprint density at radius 1 is 0.485 bits per heavy atom.